The molecule has 0 saturated carbocycles. The molecule has 1 aliphatic heterocycles. The highest BCUT2D eigenvalue weighted by Crippen LogP contribution is 2.53. The molecular formula is C21H18O3S. The summed E-state index contributed by atoms with van der Waals surface area (Å²) in [5.74, 6) is 1.65. The molecule has 4 rings (SSSR count). The predicted octanol–water partition coefficient (Wildman–Crippen LogP) is 5.03. The largest absolute Gasteiger partial charge is 0.497 e. The van der Waals surface area contributed by atoms with Crippen LogP contribution in [0.25, 0.3) is 0 Å². The lowest BCUT2D eigenvalue weighted by Crippen LogP contribution is -2.27. The van der Waals surface area contributed by atoms with Gasteiger partial charge >= 0.3 is 0 Å². The maximum Gasteiger partial charge on any atom is 0.159 e. The summed E-state index contributed by atoms with van der Waals surface area (Å²) in [5.41, 5.74) is 2.63. The van der Waals surface area contributed by atoms with Crippen LogP contribution in [0.4, 0.5) is 0 Å². The summed E-state index contributed by atoms with van der Waals surface area (Å²) in [7, 11) is 3.34. The van der Waals surface area contributed by atoms with E-state index in [4.69, 9.17) is 13.7 Å². The van der Waals surface area contributed by atoms with Gasteiger partial charge in [0, 0.05) is 22.5 Å². The number of fused-ring (bicyclic) bond motifs is 1. The number of methoxy groups -OCH3 is 2. The van der Waals surface area contributed by atoms with E-state index in [1.807, 2.05) is 30.3 Å². The molecule has 3 nitrogen and oxygen atoms in total. The molecule has 0 saturated heterocycles. The van der Waals surface area contributed by atoms with Gasteiger partial charge in [0.2, 0.25) is 0 Å². The lowest BCUT2D eigenvalue weighted by molar-refractivity contribution is 0.204. The standard InChI is InChI=1S/C21H18O3S/c1-22-17-11-7-15(8-12-17)21(16-9-13-18(23-2)14-10-16)19-5-3-4-6-20(19)25-24-21/h3-14H,1-2H3. The molecule has 0 aliphatic carbocycles. The molecule has 0 atom stereocenters. The van der Waals surface area contributed by atoms with Gasteiger partial charge in [0.05, 0.1) is 14.2 Å². The van der Waals surface area contributed by atoms with Crippen LogP contribution in [0.2, 0.25) is 0 Å². The summed E-state index contributed by atoms with van der Waals surface area (Å²) in [6.07, 6.45) is 0. The van der Waals surface area contributed by atoms with E-state index in [1.165, 1.54) is 12.0 Å². The number of rotatable bonds is 4. The molecule has 3 aromatic rings. The minimum atomic E-state index is -0.653. The molecule has 4 heteroatoms. The highest BCUT2D eigenvalue weighted by molar-refractivity contribution is 7.95. The third-order valence-electron chi connectivity index (χ3n) is 4.52. The van der Waals surface area contributed by atoms with Crippen molar-refractivity contribution in [3.63, 3.8) is 0 Å². The van der Waals surface area contributed by atoms with Crippen molar-refractivity contribution >= 4 is 12.0 Å². The zero-order chi connectivity index (χ0) is 17.3. The summed E-state index contributed by atoms with van der Waals surface area (Å²) in [6.45, 7) is 0. The molecule has 0 bridgehead atoms. The molecule has 1 heterocycles. The summed E-state index contributed by atoms with van der Waals surface area (Å²) in [5, 5.41) is 0. The average Bonchev–Trinajstić information content (AvgIpc) is 3.09. The number of hydrogen-bond acceptors (Lipinski definition) is 4. The first-order valence-electron chi connectivity index (χ1n) is 8.02. The Balaban J connectivity index is 1.92. The second-order valence-electron chi connectivity index (χ2n) is 5.80. The van der Waals surface area contributed by atoms with E-state index in [-0.39, 0.29) is 0 Å². The van der Waals surface area contributed by atoms with Crippen LogP contribution in [0.1, 0.15) is 16.7 Å². The number of ether oxygens (including phenoxy) is 2. The second kappa shape index (κ2) is 6.47. The van der Waals surface area contributed by atoms with E-state index in [2.05, 4.69) is 42.5 Å². The first-order chi connectivity index (χ1) is 12.3. The van der Waals surface area contributed by atoms with Gasteiger partial charge in [-0.2, -0.15) is 0 Å². The Morgan fingerprint density at radius 1 is 0.720 bits per heavy atom. The Kier molecular flexibility index (Phi) is 4.15. The highest BCUT2D eigenvalue weighted by atomic mass is 32.2. The van der Waals surface area contributed by atoms with Gasteiger partial charge in [-0.15, -0.1) is 0 Å². The molecule has 0 N–H and O–H groups in total. The van der Waals surface area contributed by atoms with Crippen LogP contribution in [0.5, 0.6) is 11.5 Å². The van der Waals surface area contributed by atoms with Crippen molar-refractivity contribution in [3.05, 3.63) is 89.5 Å². The second-order valence-corrected chi connectivity index (χ2v) is 6.57. The van der Waals surface area contributed by atoms with Gasteiger partial charge in [-0.1, -0.05) is 42.5 Å². The van der Waals surface area contributed by atoms with E-state index in [0.29, 0.717) is 0 Å². The van der Waals surface area contributed by atoms with E-state index >= 15 is 0 Å². The Morgan fingerprint density at radius 2 is 1.24 bits per heavy atom. The van der Waals surface area contributed by atoms with Gasteiger partial charge in [0.25, 0.3) is 0 Å². The molecule has 0 fully saturated rings. The van der Waals surface area contributed by atoms with Gasteiger partial charge in [0.1, 0.15) is 11.5 Å². The molecule has 126 valence electrons. The Bertz CT molecular complexity index is 825. The lowest BCUT2D eigenvalue weighted by Gasteiger charge is -2.30. The van der Waals surface area contributed by atoms with Crippen LogP contribution in [0.3, 0.4) is 0 Å². The predicted molar refractivity (Wildman–Crippen MR) is 99.3 cm³/mol. The van der Waals surface area contributed by atoms with Crippen LogP contribution in [-0.2, 0) is 9.78 Å². The van der Waals surface area contributed by atoms with Crippen LogP contribution in [-0.4, -0.2) is 14.2 Å². The van der Waals surface area contributed by atoms with Crippen LogP contribution in [0.15, 0.2) is 77.7 Å². The fraction of sp³-hybridized carbons (Fsp3) is 0.143. The van der Waals surface area contributed by atoms with Gasteiger partial charge < -0.3 is 9.47 Å². The summed E-state index contributed by atoms with van der Waals surface area (Å²) in [6, 6.07) is 24.4. The van der Waals surface area contributed by atoms with Crippen molar-refractivity contribution in [2.24, 2.45) is 0 Å². The molecule has 0 aromatic heterocycles. The maximum absolute atomic E-state index is 6.37. The van der Waals surface area contributed by atoms with Crippen molar-refractivity contribution < 1.29 is 13.7 Å². The van der Waals surface area contributed by atoms with Crippen molar-refractivity contribution in [1.82, 2.24) is 0 Å². The van der Waals surface area contributed by atoms with Crippen LogP contribution >= 0.6 is 12.0 Å². The van der Waals surface area contributed by atoms with Crippen LogP contribution < -0.4 is 9.47 Å². The van der Waals surface area contributed by atoms with E-state index in [9.17, 15) is 0 Å². The third-order valence-corrected chi connectivity index (χ3v) is 5.38. The molecule has 1 aliphatic rings. The number of hydrogen-bond donors (Lipinski definition) is 0. The topological polar surface area (TPSA) is 27.7 Å². The quantitative estimate of drug-likeness (QED) is 0.617. The Hall–Kier alpha value is -2.43. The minimum Gasteiger partial charge on any atom is -0.497 e. The van der Waals surface area contributed by atoms with Gasteiger partial charge in [-0.25, -0.2) is 0 Å². The minimum absolute atomic E-state index is 0.653. The third kappa shape index (κ3) is 2.58. The first-order valence-corrected chi connectivity index (χ1v) is 8.76. The smallest absolute Gasteiger partial charge is 0.159 e. The molecule has 3 aromatic carbocycles. The molecule has 0 amide bonds. The fourth-order valence-electron chi connectivity index (χ4n) is 3.21. The van der Waals surface area contributed by atoms with Crippen molar-refractivity contribution in [3.8, 4) is 11.5 Å². The Labute approximate surface area is 151 Å². The van der Waals surface area contributed by atoms with E-state index in [1.54, 1.807) is 14.2 Å². The molecule has 25 heavy (non-hydrogen) atoms. The Morgan fingerprint density at radius 3 is 1.76 bits per heavy atom. The van der Waals surface area contributed by atoms with E-state index < -0.39 is 5.60 Å². The first kappa shape index (κ1) is 16.1. The van der Waals surface area contributed by atoms with Gasteiger partial charge in [-0.05, 0) is 41.5 Å². The zero-order valence-corrected chi connectivity index (χ0v) is 14.9. The maximum atomic E-state index is 6.37. The SMILES string of the molecule is COc1ccc(C2(c3ccc(OC)cc3)OSc3ccccc32)cc1. The summed E-state index contributed by atoms with van der Waals surface area (Å²) < 4.78 is 17.0. The monoisotopic (exact) mass is 350 g/mol. The fourth-order valence-corrected chi connectivity index (χ4v) is 4.14. The summed E-state index contributed by atoms with van der Waals surface area (Å²) >= 11 is 1.42. The van der Waals surface area contributed by atoms with Crippen molar-refractivity contribution in [2.45, 2.75) is 10.5 Å². The molecule has 0 spiro atoms. The van der Waals surface area contributed by atoms with Crippen molar-refractivity contribution in [1.29, 1.82) is 0 Å². The lowest BCUT2D eigenvalue weighted by atomic mass is 9.80. The van der Waals surface area contributed by atoms with E-state index in [0.717, 1.165) is 33.1 Å². The normalized spacial score (nSPS) is 14.8. The van der Waals surface area contributed by atoms with Crippen LogP contribution in [0, 0.1) is 0 Å². The average molecular weight is 350 g/mol. The molecule has 0 radical (unpaired) electrons. The highest BCUT2D eigenvalue weighted by Gasteiger charge is 2.44. The van der Waals surface area contributed by atoms with Crippen molar-refractivity contribution in [2.75, 3.05) is 14.2 Å². The van der Waals surface area contributed by atoms with Gasteiger partial charge in [0.15, 0.2) is 5.60 Å². The van der Waals surface area contributed by atoms with Gasteiger partial charge in [-0.3, -0.25) is 4.18 Å². The molecule has 0 unspecified atom stereocenters. The summed E-state index contributed by atoms with van der Waals surface area (Å²) in [4.78, 5) is 1.13. The number of benzene rings is 3. The zero-order valence-electron chi connectivity index (χ0n) is 14.1. The molecular weight excluding hydrogens is 332 g/mol.